The molecular weight excluding hydrogens is 164 g/mol. The molecule has 0 spiro atoms. The van der Waals surface area contributed by atoms with Gasteiger partial charge < -0.3 is 0 Å². The van der Waals surface area contributed by atoms with Crippen LogP contribution in [0.3, 0.4) is 0 Å². The molecule has 0 aromatic rings. The van der Waals surface area contributed by atoms with E-state index in [1.165, 1.54) is 5.75 Å². The molecule has 0 amide bonds. The van der Waals surface area contributed by atoms with Crippen molar-refractivity contribution in [2.45, 2.75) is 39.4 Å². The molecule has 0 N–H and O–H groups in total. The lowest BCUT2D eigenvalue weighted by Gasteiger charge is -2.65. The summed E-state index contributed by atoms with van der Waals surface area (Å²) in [6, 6.07) is 0. The minimum Gasteiger partial charge on any atom is -0.286 e. The van der Waals surface area contributed by atoms with Gasteiger partial charge in [0.15, 0.2) is 0 Å². The molecule has 0 rings (SSSR count). The van der Waals surface area contributed by atoms with Crippen molar-refractivity contribution in [3.05, 3.63) is 0 Å². The van der Waals surface area contributed by atoms with E-state index in [1.807, 2.05) is 0 Å². The number of rotatable bonds is 3. The normalized spacial score (nSPS) is 17.6. The smallest absolute Gasteiger partial charge is 0.0163 e. The summed E-state index contributed by atoms with van der Waals surface area (Å²) in [5, 5.41) is 0. The van der Waals surface area contributed by atoms with Crippen LogP contribution in [0.15, 0.2) is 0 Å². The quantitative estimate of drug-likeness (QED) is 0.651. The average Bonchev–Trinajstić information content (AvgIpc) is 1.86. The maximum Gasteiger partial charge on any atom is -0.0163 e. The lowest BCUT2D eigenvalue weighted by atomic mass is 10.00. The lowest BCUT2D eigenvalue weighted by molar-refractivity contribution is 0.492. The molecule has 12 heavy (non-hydrogen) atoms. The molecule has 0 saturated carbocycles. The Bertz CT molecular complexity index is 158. The first-order valence-corrected chi connectivity index (χ1v) is 8.79. The molecule has 0 bridgehead atoms. The van der Waals surface area contributed by atoms with Gasteiger partial charge in [-0.05, 0) is 35.2 Å². The highest BCUT2D eigenvalue weighted by molar-refractivity contribution is 8.49. The molecule has 0 heterocycles. The first kappa shape index (κ1) is 12.3. The Labute approximate surface area is 79.4 Å². The van der Waals surface area contributed by atoms with Gasteiger partial charge in [-0.1, -0.05) is 34.6 Å². The van der Waals surface area contributed by atoms with Gasteiger partial charge in [0, 0.05) is 0 Å². The SMILES string of the molecule is CC[SH](C)(C)(C)C(C)(C)C(C)C. The van der Waals surface area contributed by atoms with Crippen molar-refractivity contribution in [2.24, 2.45) is 5.92 Å². The zero-order valence-electron chi connectivity index (χ0n) is 10.2. The van der Waals surface area contributed by atoms with Gasteiger partial charge in [0.05, 0.1) is 0 Å². The Hall–Kier alpha value is 0.350. The summed E-state index contributed by atoms with van der Waals surface area (Å²) < 4.78 is 0.514. The van der Waals surface area contributed by atoms with Gasteiger partial charge in [-0.2, -0.15) is 0 Å². The molecule has 0 nitrogen and oxygen atoms in total. The fraction of sp³-hybridized carbons (Fsp3) is 1.00. The summed E-state index contributed by atoms with van der Waals surface area (Å²) in [5.41, 5.74) is 0. The number of hydrogen-bond acceptors (Lipinski definition) is 0. The third-order valence-corrected chi connectivity index (χ3v) is 11.7. The number of thiol groups is 1. The van der Waals surface area contributed by atoms with Crippen LogP contribution >= 0.6 is 9.16 Å². The van der Waals surface area contributed by atoms with Crippen LogP contribution in [0.4, 0.5) is 0 Å². The molecule has 0 aliphatic heterocycles. The van der Waals surface area contributed by atoms with E-state index in [4.69, 9.17) is 0 Å². The minimum atomic E-state index is -1.44. The highest BCUT2D eigenvalue weighted by Gasteiger charge is 2.42. The van der Waals surface area contributed by atoms with E-state index in [9.17, 15) is 0 Å². The van der Waals surface area contributed by atoms with E-state index in [1.54, 1.807) is 0 Å². The van der Waals surface area contributed by atoms with Crippen molar-refractivity contribution in [1.29, 1.82) is 0 Å². The Morgan fingerprint density at radius 1 is 1.08 bits per heavy atom. The van der Waals surface area contributed by atoms with E-state index >= 15 is 0 Å². The van der Waals surface area contributed by atoms with E-state index in [-0.39, 0.29) is 0 Å². The van der Waals surface area contributed by atoms with E-state index < -0.39 is 9.16 Å². The Balaban J connectivity index is 5.00. The molecule has 0 atom stereocenters. The van der Waals surface area contributed by atoms with Crippen molar-refractivity contribution in [3.8, 4) is 0 Å². The van der Waals surface area contributed by atoms with Gasteiger partial charge in [-0.3, -0.25) is 9.16 Å². The maximum absolute atomic E-state index is 2.52. The standard InChI is InChI=1S/C11H28S/c1-9-12(6,7,8)11(4,5)10(2)3/h10,12H,9H2,1-8H3. The Morgan fingerprint density at radius 2 is 1.42 bits per heavy atom. The van der Waals surface area contributed by atoms with Crippen LogP contribution in [0.1, 0.15) is 34.6 Å². The molecular formula is C11H28S. The minimum absolute atomic E-state index is 0.514. The van der Waals surface area contributed by atoms with E-state index in [2.05, 4.69) is 53.4 Å². The molecule has 1 heteroatoms. The molecule has 78 valence electrons. The Kier molecular flexibility index (Phi) is 3.02. The summed E-state index contributed by atoms with van der Waals surface area (Å²) in [6.07, 6.45) is 7.56. The third kappa shape index (κ3) is 1.81. The van der Waals surface area contributed by atoms with Gasteiger partial charge in [0.25, 0.3) is 0 Å². The van der Waals surface area contributed by atoms with Crippen molar-refractivity contribution < 1.29 is 0 Å². The molecule has 0 saturated heterocycles. The number of hydrogen-bond donors (Lipinski definition) is 1. The molecule has 0 aliphatic carbocycles. The van der Waals surface area contributed by atoms with Crippen molar-refractivity contribution in [1.82, 2.24) is 0 Å². The van der Waals surface area contributed by atoms with Crippen molar-refractivity contribution in [2.75, 3.05) is 24.5 Å². The molecule has 0 fully saturated rings. The van der Waals surface area contributed by atoms with Crippen LogP contribution in [0, 0.1) is 5.92 Å². The van der Waals surface area contributed by atoms with Gasteiger partial charge >= 0.3 is 0 Å². The summed E-state index contributed by atoms with van der Waals surface area (Å²) in [6.45, 7) is 11.9. The van der Waals surface area contributed by atoms with E-state index in [0.717, 1.165) is 5.92 Å². The van der Waals surface area contributed by atoms with Crippen LogP contribution in [-0.2, 0) is 0 Å². The van der Waals surface area contributed by atoms with Crippen LogP contribution in [0.25, 0.3) is 0 Å². The zero-order valence-corrected chi connectivity index (χ0v) is 11.1. The summed E-state index contributed by atoms with van der Waals surface area (Å²) in [7, 11) is -1.44. The average molecular weight is 192 g/mol. The first-order valence-electron chi connectivity index (χ1n) is 5.03. The fourth-order valence-corrected chi connectivity index (χ4v) is 4.09. The highest BCUT2D eigenvalue weighted by atomic mass is 32.3. The van der Waals surface area contributed by atoms with Crippen molar-refractivity contribution in [3.63, 3.8) is 0 Å². The van der Waals surface area contributed by atoms with E-state index in [0.29, 0.717) is 4.75 Å². The van der Waals surface area contributed by atoms with Crippen LogP contribution < -0.4 is 0 Å². The lowest BCUT2D eigenvalue weighted by Crippen LogP contribution is -2.43. The van der Waals surface area contributed by atoms with Gasteiger partial charge in [-0.15, -0.1) is 0 Å². The van der Waals surface area contributed by atoms with Crippen molar-refractivity contribution >= 4 is 9.16 Å². The fourth-order valence-electron chi connectivity index (χ4n) is 1.36. The molecule has 0 unspecified atom stereocenters. The third-order valence-electron chi connectivity index (χ3n) is 4.66. The van der Waals surface area contributed by atoms with Gasteiger partial charge in [0.2, 0.25) is 0 Å². The topological polar surface area (TPSA) is 0 Å². The largest absolute Gasteiger partial charge is 0.286 e. The molecule has 0 radical (unpaired) electrons. The Morgan fingerprint density at radius 3 is 1.50 bits per heavy atom. The molecule has 0 aromatic heterocycles. The highest BCUT2D eigenvalue weighted by Crippen LogP contribution is 2.71. The predicted molar refractivity (Wildman–Crippen MR) is 66.2 cm³/mol. The molecule has 0 aliphatic rings. The zero-order chi connectivity index (χ0) is 10.2. The first-order chi connectivity index (χ1) is 5.03. The second-order valence-electron chi connectivity index (χ2n) is 6.24. The second kappa shape index (κ2) is 2.94. The summed E-state index contributed by atoms with van der Waals surface area (Å²) in [4.78, 5) is 0. The monoisotopic (exact) mass is 192 g/mol. The summed E-state index contributed by atoms with van der Waals surface area (Å²) >= 11 is 0. The molecule has 0 aromatic carbocycles. The summed E-state index contributed by atoms with van der Waals surface area (Å²) in [5.74, 6) is 2.15. The predicted octanol–water partition coefficient (Wildman–Crippen LogP) is 3.40. The maximum atomic E-state index is 2.52. The van der Waals surface area contributed by atoms with Gasteiger partial charge in [-0.25, -0.2) is 0 Å². The van der Waals surface area contributed by atoms with Crippen LogP contribution in [0.2, 0.25) is 0 Å². The van der Waals surface area contributed by atoms with Crippen LogP contribution in [0.5, 0.6) is 0 Å². The second-order valence-corrected chi connectivity index (χ2v) is 14.3. The van der Waals surface area contributed by atoms with Gasteiger partial charge in [0.1, 0.15) is 0 Å². The van der Waals surface area contributed by atoms with Crippen LogP contribution in [-0.4, -0.2) is 29.3 Å².